The van der Waals surface area contributed by atoms with Crippen molar-refractivity contribution in [2.75, 3.05) is 5.32 Å². The van der Waals surface area contributed by atoms with Crippen molar-refractivity contribution in [2.45, 2.75) is 40.3 Å². The van der Waals surface area contributed by atoms with Gasteiger partial charge in [0.2, 0.25) is 0 Å². The van der Waals surface area contributed by atoms with Gasteiger partial charge >= 0.3 is 0 Å². The molecule has 0 saturated carbocycles. The molecule has 0 unspecified atom stereocenters. The fourth-order valence-corrected chi connectivity index (χ4v) is 3.22. The molecule has 1 heterocycles. The minimum Gasteiger partial charge on any atom is -0.379 e. The molecule has 108 valence electrons. The lowest BCUT2D eigenvalue weighted by molar-refractivity contribution is 0.619. The van der Waals surface area contributed by atoms with Gasteiger partial charge in [-0.25, -0.2) is 0 Å². The van der Waals surface area contributed by atoms with Crippen molar-refractivity contribution < 1.29 is 0 Å². The maximum absolute atomic E-state index is 4.62. The second-order valence-electron chi connectivity index (χ2n) is 4.69. The van der Waals surface area contributed by atoms with Crippen LogP contribution >= 0.6 is 31.9 Å². The maximum Gasteiger partial charge on any atom is 0.0767 e. The molecule has 0 aliphatic rings. The van der Waals surface area contributed by atoms with E-state index in [9.17, 15) is 0 Å². The summed E-state index contributed by atoms with van der Waals surface area (Å²) in [6, 6.07) is 6.27. The van der Waals surface area contributed by atoms with Gasteiger partial charge in [-0.2, -0.15) is 5.10 Å². The molecular formula is C15H19Br2N3. The van der Waals surface area contributed by atoms with Crippen molar-refractivity contribution in [2.24, 2.45) is 0 Å². The van der Waals surface area contributed by atoms with Crippen molar-refractivity contribution in [1.82, 2.24) is 9.78 Å². The Morgan fingerprint density at radius 1 is 1.25 bits per heavy atom. The number of hydrogen-bond acceptors (Lipinski definition) is 2. The molecule has 0 radical (unpaired) electrons. The molecule has 0 spiro atoms. The van der Waals surface area contributed by atoms with Crippen molar-refractivity contribution in [3.63, 3.8) is 0 Å². The Morgan fingerprint density at radius 2 is 2.00 bits per heavy atom. The number of rotatable bonds is 5. The van der Waals surface area contributed by atoms with Gasteiger partial charge in [0.05, 0.1) is 22.4 Å². The number of nitrogens with zero attached hydrogens (tertiary/aromatic N) is 2. The topological polar surface area (TPSA) is 29.9 Å². The van der Waals surface area contributed by atoms with Gasteiger partial charge in [0.15, 0.2) is 0 Å². The molecule has 2 aromatic rings. The highest BCUT2D eigenvalue weighted by Crippen LogP contribution is 2.25. The summed E-state index contributed by atoms with van der Waals surface area (Å²) in [5, 5.41) is 8.12. The molecule has 0 fully saturated rings. The molecule has 0 saturated heterocycles. The quantitative estimate of drug-likeness (QED) is 0.772. The highest BCUT2D eigenvalue weighted by Gasteiger charge is 2.13. The van der Waals surface area contributed by atoms with Crippen LogP contribution in [0.25, 0.3) is 0 Å². The maximum atomic E-state index is 4.62. The Hall–Kier alpha value is -0.810. The number of halogens is 2. The Labute approximate surface area is 137 Å². The van der Waals surface area contributed by atoms with Crippen LogP contribution in [0.2, 0.25) is 0 Å². The number of nitrogens with one attached hydrogen (secondary N) is 1. The SMILES string of the molecule is CCc1nn(CC)c(CNc2cc(Br)ccc2C)c1Br. The molecule has 20 heavy (non-hydrogen) atoms. The first kappa shape index (κ1) is 15.6. The van der Waals surface area contributed by atoms with E-state index in [-0.39, 0.29) is 0 Å². The predicted molar refractivity (Wildman–Crippen MR) is 91.2 cm³/mol. The van der Waals surface area contributed by atoms with E-state index in [1.165, 1.54) is 11.3 Å². The summed E-state index contributed by atoms with van der Waals surface area (Å²) in [7, 11) is 0. The Balaban J connectivity index is 2.22. The third-order valence-corrected chi connectivity index (χ3v) is 4.75. The summed E-state index contributed by atoms with van der Waals surface area (Å²) < 4.78 is 4.27. The second kappa shape index (κ2) is 6.76. The van der Waals surface area contributed by atoms with Crippen LogP contribution in [-0.2, 0) is 19.5 Å². The van der Waals surface area contributed by atoms with E-state index >= 15 is 0 Å². The zero-order chi connectivity index (χ0) is 14.7. The van der Waals surface area contributed by atoms with Gasteiger partial charge in [-0.15, -0.1) is 0 Å². The normalized spacial score (nSPS) is 10.8. The minimum atomic E-state index is 0.763. The summed E-state index contributed by atoms with van der Waals surface area (Å²) in [5.41, 5.74) is 4.70. The molecule has 0 bridgehead atoms. The molecule has 0 aliphatic carbocycles. The first-order chi connectivity index (χ1) is 9.56. The average Bonchev–Trinajstić information content (AvgIpc) is 2.75. The predicted octanol–water partition coefficient (Wildman–Crippen LogP) is 4.91. The Bertz CT molecular complexity index is 605. The minimum absolute atomic E-state index is 0.763. The molecule has 0 atom stereocenters. The van der Waals surface area contributed by atoms with E-state index in [2.05, 4.69) is 85.9 Å². The standard InChI is InChI=1S/C15H19Br2N3/c1-4-12-15(17)14(20(5-2)19-12)9-18-13-8-11(16)7-6-10(13)3/h6-8,18H,4-5,9H2,1-3H3. The van der Waals surface area contributed by atoms with Crippen LogP contribution in [0.1, 0.15) is 30.8 Å². The van der Waals surface area contributed by atoms with Crippen LogP contribution in [0.15, 0.2) is 27.1 Å². The molecule has 2 rings (SSSR count). The van der Waals surface area contributed by atoms with E-state index in [4.69, 9.17) is 0 Å². The van der Waals surface area contributed by atoms with Crippen LogP contribution < -0.4 is 5.32 Å². The third-order valence-electron chi connectivity index (χ3n) is 3.34. The molecule has 1 aromatic carbocycles. The summed E-state index contributed by atoms with van der Waals surface area (Å²) in [5.74, 6) is 0. The monoisotopic (exact) mass is 399 g/mol. The van der Waals surface area contributed by atoms with Crippen molar-refractivity contribution >= 4 is 37.5 Å². The van der Waals surface area contributed by atoms with Gasteiger partial charge < -0.3 is 5.32 Å². The molecule has 1 aromatic heterocycles. The first-order valence-electron chi connectivity index (χ1n) is 6.80. The highest BCUT2D eigenvalue weighted by molar-refractivity contribution is 9.10. The number of aromatic nitrogens is 2. The van der Waals surface area contributed by atoms with Crippen LogP contribution in [0.3, 0.4) is 0 Å². The van der Waals surface area contributed by atoms with Gasteiger partial charge in [-0.3, -0.25) is 4.68 Å². The van der Waals surface area contributed by atoms with Gasteiger partial charge in [0.25, 0.3) is 0 Å². The Kier molecular flexibility index (Phi) is 5.27. The van der Waals surface area contributed by atoms with E-state index in [0.29, 0.717) is 0 Å². The number of aryl methyl sites for hydroxylation is 3. The van der Waals surface area contributed by atoms with Crippen LogP contribution in [0, 0.1) is 6.92 Å². The average molecular weight is 401 g/mol. The summed E-state index contributed by atoms with van der Waals surface area (Å²) in [4.78, 5) is 0. The second-order valence-corrected chi connectivity index (χ2v) is 6.40. The molecule has 1 N–H and O–H groups in total. The molecule has 0 aliphatic heterocycles. The zero-order valence-corrected chi connectivity index (χ0v) is 15.2. The first-order valence-corrected chi connectivity index (χ1v) is 8.39. The van der Waals surface area contributed by atoms with E-state index in [0.717, 1.165) is 39.8 Å². The molecular weight excluding hydrogens is 382 g/mol. The van der Waals surface area contributed by atoms with Gasteiger partial charge in [-0.05, 0) is 53.9 Å². The van der Waals surface area contributed by atoms with Gasteiger partial charge in [0.1, 0.15) is 0 Å². The fourth-order valence-electron chi connectivity index (χ4n) is 2.15. The highest BCUT2D eigenvalue weighted by atomic mass is 79.9. The molecule has 0 amide bonds. The zero-order valence-electron chi connectivity index (χ0n) is 12.0. The smallest absolute Gasteiger partial charge is 0.0767 e. The number of anilines is 1. The fraction of sp³-hybridized carbons (Fsp3) is 0.400. The van der Waals surface area contributed by atoms with Crippen molar-refractivity contribution in [3.8, 4) is 0 Å². The molecule has 5 heteroatoms. The molecule has 3 nitrogen and oxygen atoms in total. The van der Waals surface area contributed by atoms with Crippen LogP contribution in [-0.4, -0.2) is 9.78 Å². The van der Waals surface area contributed by atoms with Crippen LogP contribution in [0.5, 0.6) is 0 Å². The largest absolute Gasteiger partial charge is 0.379 e. The van der Waals surface area contributed by atoms with Crippen LogP contribution in [0.4, 0.5) is 5.69 Å². The lowest BCUT2D eigenvalue weighted by atomic mass is 10.2. The lowest BCUT2D eigenvalue weighted by Crippen LogP contribution is -2.09. The number of benzene rings is 1. The van der Waals surface area contributed by atoms with Gasteiger partial charge in [0, 0.05) is 16.7 Å². The van der Waals surface area contributed by atoms with Crippen molar-refractivity contribution in [1.29, 1.82) is 0 Å². The lowest BCUT2D eigenvalue weighted by Gasteiger charge is -2.11. The van der Waals surface area contributed by atoms with Crippen molar-refractivity contribution in [3.05, 3.63) is 44.1 Å². The summed E-state index contributed by atoms with van der Waals surface area (Å²) in [6.07, 6.45) is 0.941. The third kappa shape index (κ3) is 3.26. The number of hydrogen-bond donors (Lipinski definition) is 1. The van der Waals surface area contributed by atoms with Gasteiger partial charge in [-0.1, -0.05) is 28.9 Å². The Morgan fingerprint density at radius 3 is 2.65 bits per heavy atom. The van der Waals surface area contributed by atoms with E-state index in [1.807, 2.05) is 0 Å². The van der Waals surface area contributed by atoms with E-state index in [1.54, 1.807) is 0 Å². The summed E-state index contributed by atoms with van der Waals surface area (Å²) in [6.45, 7) is 8.00. The van der Waals surface area contributed by atoms with E-state index < -0.39 is 0 Å². The summed E-state index contributed by atoms with van der Waals surface area (Å²) >= 11 is 7.19.